The minimum atomic E-state index is -3.49. The Morgan fingerprint density at radius 1 is 1.58 bits per heavy atom. The Hall–Kier alpha value is -1.30. The van der Waals surface area contributed by atoms with E-state index in [1.807, 2.05) is 4.72 Å². The number of esters is 1. The monoisotopic (exact) mass is 189 g/mol. The van der Waals surface area contributed by atoms with Gasteiger partial charge in [-0.05, 0) is 12.2 Å². The fraction of sp³-hybridized carbons (Fsp3) is 0.167. The number of carbonyl (C=O) groups is 1. The van der Waals surface area contributed by atoms with Crippen molar-refractivity contribution >= 4 is 16.0 Å². The molecule has 0 saturated carbocycles. The molecule has 0 bridgehead atoms. The minimum Gasteiger partial charge on any atom is -0.464 e. The van der Waals surface area contributed by atoms with Crippen molar-refractivity contribution in [3.05, 3.63) is 23.3 Å². The van der Waals surface area contributed by atoms with Gasteiger partial charge in [0.25, 0.3) is 10.0 Å². The van der Waals surface area contributed by atoms with E-state index in [1.165, 1.54) is 19.3 Å². The van der Waals surface area contributed by atoms with Gasteiger partial charge in [0.2, 0.25) is 0 Å². The highest BCUT2D eigenvalue weighted by molar-refractivity contribution is 7.92. The van der Waals surface area contributed by atoms with Gasteiger partial charge < -0.3 is 4.74 Å². The molecule has 1 aliphatic rings. The second-order valence-corrected chi connectivity index (χ2v) is 3.61. The largest absolute Gasteiger partial charge is 0.464 e. The highest BCUT2D eigenvalue weighted by Crippen LogP contribution is 2.04. The molecule has 6 heteroatoms. The van der Waals surface area contributed by atoms with Crippen molar-refractivity contribution in [2.45, 2.75) is 0 Å². The lowest BCUT2D eigenvalue weighted by Crippen LogP contribution is -2.28. The molecule has 0 unspecified atom stereocenters. The molecule has 1 heterocycles. The molecule has 0 aliphatic carbocycles. The summed E-state index contributed by atoms with van der Waals surface area (Å²) in [4.78, 5) is 10.8. The number of nitrogens with one attached hydrogen (secondary N) is 1. The SMILES string of the molecule is COC(=O)C1=CC=CS(=O)(=O)N1. The molecule has 0 amide bonds. The van der Waals surface area contributed by atoms with Gasteiger partial charge in [0, 0.05) is 0 Å². The van der Waals surface area contributed by atoms with Gasteiger partial charge in [-0.2, -0.15) is 0 Å². The van der Waals surface area contributed by atoms with E-state index in [9.17, 15) is 13.2 Å². The average Bonchev–Trinajstić information content (AvgIpc) is 2.01. The summed E-state index contributed by atoms with van der Waals surface area (Å²) >= 11 is 0. The van der Waals surface area contributed by atoms with Crippen LogP contribution in [0.1, 0.15) is 0 Å². The molecular formula is C6H7NO4S. The van der Waals surface area contributed by atoms with Gasteiger partial charge in [0.1, 0.15) is 5.70 Å². The zero-order chi connectivity index (χ0) is 9.19. The number of rotatable bonds is 1. The van der Waals surface area contributed by atoms with Gasteiger partial charge in [-0.3, -0.25) is 4.72 Å². The molecule has 0 saturated heterocycles. The molecular weight excluding hydrogens is 182 g/mol. The predicted octanol–water partition coefficient (Wildman–Crippen LogP) is -0.510. The summed E-state index contributed by atoms with van der Waals surface area (Å²) in [5, 5.41) is 0.958. The molecule has 0 aromatic carbocycles. The van der Waals surface area contributed by atoms with Crippen LogP contribution in [0.2, 0.25) is 0 Å². The Bertz CT molecular complexity index is 352. The van der Waals surface area contributed by atoms with Crippen LogP contribution in [0.3, 0.4) is 0 Å². The third-order valence-corrected chi connectivity index (χ3v) is 2.20. The topological polar surface area (TPSA) is 72.5 Å². The number of methoxy groups -OCH3 is 1. The Morgan fingerprint density at radius 3 is 2.75 bits per heavy atom. The van der Waals surface area contributed by atoms with Crippen LogP contribution in [0.25, 0.3) is 0 Å². The Kier molecular flexibility index (Phi) is 2.18. The van der Waals surface area contributed by atoms with E-state index in [0.717, 1.165) is 5.41 Å². The molecule has 12 heavy (non-hydrogen) atoms. The number of allylic oxidation sites excluding steroid dienone is 2. The van der Waals surface area contributed by atoms with E-state index < -0.39 is 16.0 Å². The first-order chi connectivity index (χ1) is 5.55. The lowest BCUT2D eigenvalue weighted by molar-refractivity contribution is -0.136. The summed E-state index contributed by atoms with van der Waals surface area (Å²) in [6.45, 7) is 0. The summed E-state index contributed by atoms with van der Waals surface area (Å²) in [6, 6.07) is 0. The number of hydrogen-bond donors (Lipinski definition) is 1. The van der Waals surface area contributed by atoms with Crippen LogP contribution >= 0.6 is 0 Å². The van der Waals surface area contributed by atoms with Crippen LogP contribution in [0.4, 0.5) is 0 Å². The fourth-order valence-electron chi connectivity index (χ4n) is 0.680. The second kappa shape index (κ2) is 2.98. The van der Waals surface area contributed by atoms with Crippen molar-refractivity contribution < 1.29 is 17.9 Å². The minimum absolute atomic E-state index is 0.0833. The molecule has 0 spiro atoms. The molecule has 0 radical (unpaired) electrons. The predicted molar refractivity (Wildman–Crippen MR) is 41.3 cm³/mol. The van der Waals surface area contributed by atoms with Gasteiger partial charge in [-0.1, -0.05) is 0 Å². The van der Waals surface area contributed by atoms with Crippen LogP contribution in [0, 0.1) is 0 Å². The van der Waals surface area contributed by atoms with Crippen LogP contribution in [0.15, 0.2) is 23.3 Å². The Morgan fingerprint density at radius 2 is 2.25 bits per heavy atom. The van der Waals surface area contributed by atoms with Crippen molar-refractivity contribution in [2.24, 2.45) is 0 Å². The van der Waals surface area contributed by atoms with E-state index in [1.54, 1.807) is 0 Å². The maximum absolute atomic E-state index is 10.8. The van der Waals surface area contributed by atoms with E-state index >= 15 is 0 Å². The molecule has 66 valence electrons. The second-order valence-electron chi connectivity index (χ2n) is 2.05. The van der Waals surface area contributed by atoms with Gasteiger partial charge in [-0.25, -0.2) is 13.2 Å². The highest BCUT2D eigenvalue weighted by atomic mass is 32.2. The third-order valence-electron chi connectivity index (χ3n) is 1.18. The number of sulfonamides is 1. The highest BCUT2D eigenvalue weighted by Gasteiger charge is 2.17. The molecule has 0 aromatic rings. The van der Waals surface area contributed by atoms with Gasteiger partial charge in [0.15, 0.2) is 0 Å². The van der Waals surface area contributed by atoms with Crippen molar-refractivity contribution in [1.82, 2.24) is 4.72 Å². The standard InChI is InChI=1S/C6H7NO4S/c1-11-6(8)5-3-2-4-12(9,10)7-5/h2-4,7H,1H3. The van der Waals surface area contributed by atoms with E-state index in [2.05, 4.69) is 4.74 Å². The maximum Gasteiger partial charge on any atom is 0.355 e. The summed E-state index contributed by atoms with van der Waals surface area (Å²) in [6.07, 6.45) is 2.59. The maximum atomic E-state index is 10.8. The van der Waals surface area contributed by atoms with Gasteiger partial charge >= 0.3 is 5.97 Å². The fourth-order valence-corrected chi connectivity index (χ4v) is 1.49. The van der Waals surface area contributed by atoms with Crippen LogP contribution in [0.5, 0.6) is 0 Å². The first-order valence-electron chi connectivity index (χ1n) is 3.04. The normalized spacial score (nSPS) is 19.2. The Labute approximate surface area is 69.8 Å². The van der Waals surface area contributed by atoms with Crippen LogP contribution in [-0.2, 0) is 19.6 Å². The lowest BCUT2D eigenvalue weighted by atomic mass is 10.4. The van der Waals surface area contributed by atoms with Gasteiger partial charge in [-0.15, -0.1) is 0 Å². The van der Waals surface area contributed by atoms with E-state index in [0.29, 0.717) is 0 Å². The molecule has 1 N–H and O–H groups in total. The smallest absolute Gasteiger partial charge is 0.355 e. The summed E-state index contributed by atoms with van der Waals surface area (Å²) in [7, 11) is -2.31. The molecule has 1 rings (SSSR count). The molecule has 0 fully saturated rings. The van der Waals surface area contributed by atoms with E-state index in [4.69, 9.17) is 0 Å². The van der Waals surface area contributed by atoms with Crippen LogP contribution < -0.4 is 4.72 Å². The third kappa shape index (κ3) is 1.85. The van der Waals surface area contributed by atoms with Crippen molar-refractivity contribution in [3.8, 4) is 0 Å². The first-order valence-corrected chi connectivity index (χ1v) is 4.59. The van der Waals surface area contributed by atoms with E-state index in [-0.39, 0.29) is 5.70 Å². The zero-order valence-electron chi connectivity index (χ0n) is 6.27. The molecule has 0 aromatic heterocycles. The quantitative estimate of drug-likeness (QED) is 0.564. The summed E-state index contributed by atoms with van der Waals surface area (Å²) < 4.78 is 28.0. The van der Waals surface area contributed by atoms with Gasteiger partial charge in [0.05, 0.1) is 12.5 Å². The lowest BCUT2D eigenvalue weighted by Gasteiger charge is -2.09. The zero-order valence-corrected chi connectivity index (χ0v) is 7.09. The average molecular weight is 189 g/mol. The van der Waals surface area contributed by atoms with Crippen molar-refractivity contribution in [3.63, 3.8) is 0 Å². The molecule has 0 atom stereocenters. The van der Waals surface area contributed by atoms with Crippen LogP contribution in [-0.4, -0.2) is 21.5 Å². The Balaban J connectivity index is 2.91. The number of carbonyl (C=O) groups excluding carboxylic acids is 1. The van der Waals surface area contributed by atoms with Crippen molar-refractivity contribution in [2.75, 3.05) is 7.11 Å². The molecule has 1 aliphatic heterocycles. The number of hydrogen-bond acceptors (Lipinski definition) is 4. The number of ether oxygens (including phenoxy) is 1. The molecule has 5 nitrogen and oxygen atoms in total. The summed E-state index contributed by atoms with van der Waals surface area (Å²) in [5.41, 5.74) is -0.0833. The first kappa shape index (κ1) is 8.79. The van der Waals surface area contributed by atoms with Crippen molar-refractivity contribution in [1.29, 1.82) is 0 Å². The summed E-state index contributed by atoms with van der Waals surface area (Å²) in [5.74, 6) is -0.706.